The van der Waals surface area contributed by atoms with E-state index in [4.69, 9.17) is 4.42 Å². The number of thioether (sulfide) groups is 1. The number of benzene rings is 2. The zero-order chi connectivity index (χ0) is 23.5. The van der Waals surface area contributed by atoms with Crippen LogP contribution >= 0.6 is 11.8 Å². The average Bonchev–Trinajstić information content (AvgIpc) is 3.34. The van der Waals surface area contributed by atoms with E-state index in [1.807, 2.05) is 53.4 Å². The number of hydrogen-bond acceptors (Lipinski definition) is 7. The Balaban J connectivity index is 1.41. The molecule has 1 aliphatic heterocycles. The minimum atomic E-state index is -0.182. The molecule has 4 aromatic rings. The summed E-state index contributed by atoms with van der Waals surface area (Å²) >= 11 is 1.23. The fraction of sp³-hybridized carbons (Fsp3) is 0.320. The number of nitrogens with zero attached hydrogens (tertiary/aromatic N) is 5. The van der Waals surface area contributed by atoms with E-state index in [0.717, 1.165) is 24.9 Å². The van der Waals surface area contributed by atoms with Crippen molar-refractivity contribution in [2.24, 2.45) is 0 Å². The molecule has 8 nitrogen and oxygen atoms in total. The number of aromatic nitrogens is 4. The minimum Gasteiger partial charge on any atom is -0.409 e. The first-order valence-electron chi connectivity index (χ1n) is 11.4. The van der Waals surface area contributed by atoms with E-state index in [-0.39, 0.29) is 29.2 Å². The molecule has 0 N–H and O–H groups in total. The predicted molar refractivity (Wildman–Crippen MR) is 131 cm³/mol. The molecule has 0 bridgehead atoms. The Labute approximate surface area is 201 Å². The molecule has 1 saturated heterocycles. The predicted octanol–water partition coefficient (Wildman–Crippen LogP) is 3.99. The normalized spacial score (nSPS) is 16.1. The molecule has 1 fully saturated rings. The van der Waals surface area contributed by atoms with Crippen molar-refractivity contribution in [3.05, 3.63) is 70.5 Å². The van der Waals surface area contributed by atoms with Gasteiger partial charge in [-0.05, 0) is 37.8 Å². The number of amides is 1. The van der Waals surface area contributed by atoms with Gasteiger partial charge in [-0.25, -0.2) is 4.68 Å². The third-order valence-electron chi connectivity index (χ3n) is 6.09. The first kappa shape index (κ1) is 22.3. The number of carbonyl (C=O) groups is 1. The Morgan fingerprint density at radius 2 is 1.82 bits per heavy atom. The van der Waals surface area contributed by atoms with E-state index in [2.05, 4.69) is 22.2 Å². The first-order chi connectivity index (χ1) is 16.6. The second-order valence-electron chi connectivity index (χ2n) is 8.44. The highest BCUT2D eigenvalue weighted by Crippen LogP contribution is 2.27. The molecule has 174 valence electrons. The molecule has 0 aliphatic carbocycles. The van der Waals surface area contributed by atoms with Crippen LogP contribution in [-0.4, -0.2) is 49.1 Å². The second kappa shape index (κ2) is 9.80. The maximum absolute atomic E-state index is 13.1. The van der Waals surface area contributed by atoms with Gasteiger partial charge in [0.25, 0.3) is 16.7 Å². The molecule has 0 saturated carbocycles. The van der Waals surface area contributed by atoms with Crippen LogP contribution in [0.5, 0.6) is 0 Å². The van der Waals surface area contributed by atoms with E-state index < -0.39 is 0 Å². The van der Waals surface area contributed by atoms with Crippen molar-refractivity contribution in [1.29, 1.82) is 0 Å². The van der Waals surface area contributed by atoms with Crippen molar-refractivity contribution in [1.82, 2.24) is 24.9 Å². The lowest BCUT2D eigenvalue weighted by molar-refractivity contribution is -0.131. The van der Waals surface area contributed by atoms with Gasteiger partial charge in [0.2, 0.25) is 5.91 Å². The summed E-state index contributed by atoms with van der Waals surface area (Å²) in [5.41, 5.74) is 1.23. The minimum absolute atomic E-state index is 0.0805. The van der Waals surface area contributed by atoms with E-state index in [1.54, 1.807) is 6.07 Å². The number of likely N-dealkylation sites (tertiary alicyclic amines) is 1. The summed E-state index contributed by atoms with van der Waals surface area (Å²) in [5.74, 6) is 0.546. The maximum atomic E-state index is 13.1. The van der Waals surface area contributed by atoms with Crippen molar-refractivity contribution in [2.75, 3.05) is 12.3 Å². The van der Waals surface area contributed by atoms with Crippen molar-refractivity contribution >= 4 is 28.4 Å². The summed E-state index contributed by atoms with van der Waals surface area (Å²) in [5, 5.41) is 14.4. The van der Waals surface area contributed by atoms with Crippen LogP contribution in [-0.2, 0) is 11.3 Å². The fourth-order valence-electron chi connectivity index (χ4n) is 4.30. The van der Waals surface area contributed by atoms with Crippen LogP contribution in [0.4, 0.5) is 0 Å². The summed E-state index contributed by atoms with van der Waals surface area (Å²) in [6, 6.07) is 17.2. The van der Waals surface area contributed by atoms with Crippen LogP contribution in [0.3, 0.4) is 0 Å². The maximum Gasteiger partial charge on any atom is 0.277 e. The van der Waals surface area contributed by atoms with Gasteiger partial charge in [-0.3, -0.25) is 9.59 Å². The molecule has 1 aliphatic rings. The summed E-state index contributed by atoms with van der Waals surface area (Å²) < 4.78 is 7.30. The molecule has 1 amide bonds. The molecule has 0 spiro atoms. The largest absolute Gasteiger partial charge is 0.409 e. The van der Waals surface area contributed by atoms with Crippen molar-refractivity contribution in [2.45, 2.75) is 44.0 Å². The molecule has 1 unspecified atom stereocenters. The SMILES string of the molecule is CC1CCCCN1C(=O)CSc1nnc(-c2nn(Cc3ccccc3)c(=O)c3ccccc23)o1. The molecule has 2 aromatic heterocycles. The molecule has 2 aromatic carbocycles. The highest BCUT2D eigenvalue weighted by molar-refractivity contribution is 7.99. The average molecular weight is 476 g/mol. The van der Waals surface area contributed by atoms with Crippen LogP contribution in [0.15, 0.2) is 69.0 Å². The number of hydrogen-bond donors (Lipinski definition) is 0. The summed E-state index contributed by atoms with van der Waals surface area (Å²) in [6.07, 6.45) is 3.25. The molecular formula is C25H25N5O3S. The summed E-state index contributed by atoms with van der Waals surface area (Å²) in [4.78, 5) is 27.7. The lowest BCUT2D eigenvalue weighted by atomic mass is 10.0. The van der Waals surface area contributed by atoms with Gasteiger partial charge in [-0.15, -0.1) is 10.2 Å². The number of piperidine rings is 1. The van der Waals surface area contributed by atoms with Crippen LogP contribution < -0.4 is 5.56 Å². The van der Waals surface area contributed by atoms with Gasteiger partial charge in [-0.1, -0.05) is 60.3 Å². The Morgan fingerprint density at radius 3 is 2.62 bits per heavy atom. The van der Waals surface area contributed by atoms with Crippen LogP contribution in [0, 0.1) is 0 Å². The van der Waals surface area contributed by atoms with Gasteiger partial charge >= 0.3 is 0 Å². The summed E-state index contributed by atoms with van der Waals surface area (Å²) in [6.45, 7) is 3.22. The highest BCUT2D eigenvalue weighted by atomic mass is 32.2. The number of carbonyl (C=O) groups excluding carboxylic acids is 1. The van der Waals surface area contributed by atoms with E-state index >= 15 is 0 Å². The quantitative estimate of drug-likeness (QED) is 0.389. The monoisotopic (exact) mass is 475 g/mol. The Kier molecular flexibility index (Phi) is 6.44. The Morgan fingerprint density at radius 1 is 1.06 bits per heavy atom. The summed E-state index contributed by atoms with van der Waals surface area (Å²) in [7, 11) is 0. The molecule has 1 atom stereocenters. The van der Waals surface area contributed by atoms with E-state index in [1.165, 1.54) is 22.9 Å². The molecule has 9 heteroatoms. The van der Waals surface area contributed by atoms with Gasteiger partial charge in [0.1, 0.15) is 0 Å². The molecule has 0 radical (unpaired) electrons. The van der Waals surface area contributed by atoms with Gasteiger partial charge in [0, 0.05) is 18.0 Å². The molecule has 34 heavy (non-hydrogen) atoms. The molecule has 3 heterocycles. The zero-order valence-electron chi connectivity index (χ0n) is 18.9. The third kappa shape index (κ3) is 4.61. The lowest BCUT2D eigenvalue weighted by Gasteiger charge is -2.33. The first-order valence-corrected chi connectivity index (χ1v) is 12.4. The number of fused-ring (bicyclic) bond motifs is 1. The van der Waals surface area contributed by atoms with Crippen LogP contribution in [0.2, 0.25) is 0 Å². The second-order valence-corrected chi connectivity index (χ2v) is 9.36. The van der Waals surface area contributed by atoms with Crippen molar-refractivity contribution in [3.63, 3.8) is 0 Å². The Bertz CT molecular complexity index is 1370. The lowest BCUT2D eigenvalue weighted by Crippen LogP contribution is -2.42. The van der Waals surface area contributed by atoms with Gasteiger partial charge in [0.15, 0.2) is 5.69 Å². The van der Waals surface area contributed by atoms with Crippen LogP contribution in [0.25, 0.3) is 22.4 Å². The molecular weight excluding hydrogens is 450 g/mol. The molecule has 5 rings (SSSR count). The van der Waals surface area contributed by atoms with Crippen molar-refractivity contribution in [3.8, 4) is 11.6 Å². The van der Waals surface area contributed by atoms with Gasteiger partial charge in [0.05, 0.1) is 17.7 Å². The van der Waals surface area contributed by atoms with Gasteiger partial charge < -0.3 is 9.32 Å². The topological polar surface area (TPSA) is 94.1 Å². The smallest absolute Gasteiger partial charge is 0.277 e. The standard InChI is InChI=1S/C25H25N5O3S/c1-17-9-7-8-14-29(17)21(31)16-34-25-27-26-23(33-25)22-19-12-5-6-13-20(19)24(32)30(28-22)15-18-10-3-2-4-11-18/h2-6,10-13,17H,7-9,14-16H2,1H3. The Hall–Kier alpha value is -3.46. The number of rotatable bonds is 6. The fourth-order valence-corrected chi connectivity index (χ4v) is 4.94. The van der Waals surface area contributed by atoms with Crippen molar-refractivity contribution < 1.29 is 9.21 Å². The van der Waals surface area contributed by atoms with Crippen LogP contribution in [0.1, 0.15) is 31.7 Å². The third-order valence-corrected chi connectivity index (χ3v) is 6.90. The highest BCUT2D eigenvalue weighted by Gasteiger charge is 2.24. The van der Waals surface area contributed by atoms with E-state index in [0.29, 0.717) is 28.2 Å². The van der Waals surface area contributed by atoms with E-state index in [9.17, 15) is 9.59 Å². The van der Waals surface area contributed by atoms with Gasteiger partial charge in [-0.2, -0.15) is 5.10 Å². The zero-order valence-corrected chi connectivity index (χ0v) is 19.7.